The molecule has 0 bridgehead atoms. The number of Topliss-reactive ketones (excluding diaryl/α,β-unsaturated/α-hetero) is 1. The molecule has 2 rings (SSSR count). The summed E-state index contributed by atoms with van der Waals surface area (Å²) in [6.45, 7) is 5.89. The third-order valence-electron chi connectivity index (χ3n) is 3.69. The second kappa shape index (κ2) is 7.18. The Kier molecular flexibility index (Phi) is 5.27. The van der Waals surface area contributed by atoms with Crippen molar-refractivity contribution in [3.63, 3.8) is 0 Å². The summed E-state index contributed by atoms with van der Waals surface area (Å²) in [5.74, 6) is -0.752. The summed E-state index contributed by atoms with van der Waals surface area (Å²) in [5.41, 5.74) is 4.36. The largest absolute Gasteiger partial charge is 0.326 e. The Morgan fingerprint density at radius 3 is 2.09 bits per heavy atom. The van der Waals surface area contributed by atoms with E-state index in [1.54, 1.807) is 0 Å². The number of carbonyl (C=O) groups excluding carboxylic acids is 2. The minimum Gasteiger partial charge on any atom is -0.326 e. The lowest BCUT2D eigenvalue weighted by Crippen LogP contribution is -2.15. The van der Waals surface area contributed by atoms with Crippen molar-refractivity contribution in [1.29, 1.82) is 0 Å². The van der Waals surface area contributed by atoms with Crippen LogP contribution in [0.15, 0.2) is 36.4 Å². The lowest BCUT2D eigenvalue weighted by molar-refractivity contribution is -0.116. The van der Waals surface area contributed by atoms with Gasteiger partial charge in [-0.15, -0.1) is 0 Å². The zero-order valence-electron chi connectivity index (χ0n) is 13.6. The van der Waals surface area contributed by atoms with Crippen LogP contribution in [0.2, 0.25) is 0 Å². The van der Waals surface area contributed by atoms with Crippen molar-refractivity contribution in [3.8, 4) is 0 Å². The van der Waals surface area contributed by atoms with Crippen molar-refractivity contribution >= 4 is 17.4 Å². The van der Waals surface area contributed by atoms with Crippen molar-refractivity contribution in [3.05, 3.63) is 64.5 Å². The van der Waals surface area contributed by atoms with E-state index in [1.165, 1.54) is 24.3 Å². The number of nitrogens with one attached hydrogen (secondary N) is 1. The predicted octanol–water partition coefficient (Wildman–Crippen LogP) is 4.35. The van der Waals surface area contributed by atoms with Gasteiger partial charge in [0.2, 0.25) is 5.91 Å². The minimum absolute atomic E-state index is 0.0986. The summed E-state index contributed by atoms with van der Waals surface area (Å²) in [5, 5.41) is 2.87. The van der Waals surface area contributed by atoms with E-state index in [0.29, 0.717) is 5.56 Å². The lowest BCUT2D eigenvalue weighted by Gasteiger charge is -2.12. The quantitative estimate of drug-likeness (QED) is 0.834. The molecule has 1 N–H and O–H groups in total. The van der Waals surface area contributed by atoms with E-state index in [2.05, 4.69) is 5.32 Å². The number of anilines is 1. The van der Waals surface area contributed by atoms with E-state index >= 15 is 0 Å². The van der Waals surface area contributed by atoms with Gasteiger partial charge in [-0.05, 0) is 56.2 Å². The van der Waals surface area contributed by atoms with Crippen molar-refractivity contribution in [1.82, 2.24) is 0 Å². The predicted molar refractivity (Wildman–Crippen MR) is 89.2 cm³/mol. The van der Waals surface area contributed by atoms with Crippen LogP contribution in [0.25, 0.3) is 0 Å². The zero-order valence-corrected chi connectivity index (χ0v) is 13.6. The molecule has 0 fully saturated rings. The second-order valence-electron chi connectivity index (χ2n) is 5.75. The van der Waals surface area contributed by atoms with Gasteiger partial charge in [-0.3, -0.25) is 9.59 Å². The third kappa shape index (κ3) is 4.49. The number of carbonyl (C=O) groups is 2. The Bertz CT molecular complexity index is 713. The van der Waals surface area contributed by atoms with Gasteiger partial charge in [-0.2, -0.15) is 0 Å². The molecule has 0 aliphatic carbocycles. The van der Waals surface area contributed by atoms with Gasteiger partial charge in [0.25, 0.3) is 0 Å². The van der Waals surface area contributed by atoms with Crippen molar-refractivity contribution in [2.75, 3.05) is 5.32 Å². The number of amides is 1. The molecule has 4 heteroatoms. The maximum absolute atomic E-state index is 12.8. The molecule has 0 spiro atoms. The van der Waals surface area contributed by atoms with Crippen LogP contribution in [0.4, 0.5) is 10.1 Å². The van der Waals surface area contributed by atoms with Crippen LogP contribution in [0.5, 0.6) is 0 Å². The van der Waals surface area contributed by atoms with Crippen LogP contribution >= 0.6 is 0 Å². The monoisotopic (exact) mass is 313 g/mol. The van der Waals surface area contributed by atoms with Crippen LogP contribution in [0, 0.1) is 26.6 Å². The first-order valence-electron chi connectivity index (χ1n) is 7.53. The molecule has 2 aromatic rings. The molecule has 23 heavy (non-hydrogen) atoms. The Morgan fingerprint density at radius 1 is 0.957 bits per heavy atom. The van der Waals surface area contributed by atoms with Gasteiger partial charge in [0.15, 0.2) is 5.78 Å². The standard InChI is InChI=1S/C19H20FNO2/c1-12-10-13(2)19(14(3)11-12)21-18(23)9-8-17(22)15-4-6-16(20)7-5-15/h4-7,10-11H,8-9H2,1-3H3,(H,21,23). The van der Waals surface area contributed by atoms with Crippen LogP contribution in [-0.4, -0.2) is 11.7 Å². The van der Waals surface area contributed by atoms with Gasteiger partial charge in [0, 0.05) is 24.1 Å². The van der Waals surface area contributed by atoms with Crippen LogP contribution in [0.1, 0.15) is 39.9 Å². The molecule has 0 heterocycles. The van der Waals surface area contributed by atoms with Crippen molar-refractivity contribution < 1.29 is 14.0 Å². The Morgan fingerprint density at radius 2 is 1.52 bits per heavy atom. The van der Waals surface area contributed by atoms with Gasteiger partial charge in [0.05, 0.1) is 0 Å². The fraction of sp³-hybridized carbons (Fsp3) is 0.263. The molecule has 0 aromatic heterocycles. The average Bonchev–Trinajstić information content (AvgIpc) is 2.49. The summed E-state index contributed by atoms with van der Waals surface area (Å²) in [6, 6.07) is 9.37. The van der Waals surface area contributed by atoms with Gasteiger partial charge < -0.3 is 5.32 Å². The molecule has 0 saturated heterocycles. The van der Waals surface area contributed by atoms with Crippen molar-refractivity contribution in [2.45, 2.75) is 33.6 Å². The summed E-state index contributed by atoms with van der Waals surface area (Å²) in [7, 11) is 0. The van der Waals surface area contributed by atoms with Crippen molar-refractivity contribution in [2.24, 2.45) is 0 Å². The topological polar surface area (TPSA) is 46.2 Å². The van der Waals surface area contributed by atoms with E-state index in [4.69, 9.17) is 0 Å². The first-order chi connectivity index (χ1) is 10.9. The first-order valence-corrected chi connectivity index (χ1v) is 7.53. The molecule has 2 aromatic carbocycles. The maximum Gasteiger partial charge on any atom is 0.224 e. The fourth-order valence-corrected chi connectivity index (χ4v) is 2.59. The third-order valence-corrected chi connectivity index (χ3v) is 3.69. The zero-order chi connectivity index (χ0) is 17.0. The fourth-order valence-electron chi connectivity index (χ4n) is 2.59. The molecule has 0 aliphatic heterocycles. The number of hydrogen-bond donors (Lipinski definition) is 1. The molecule has 120 valence electrons. The Labute approximate surface area is 135 Å². The van der Waals surface area contributed by atoms with Crippen LogP contribution in [-0.2, 0) is 4.79 Å². The number of hydrogen-bond acceptors (Lipinski definition) is 2. The highest BCUT2D eigenvalue weighted by Crippen LogP contribution is 2.22. The number of halogens is 1. The van der Waals surface area contributed by atoms with Gasteiger partial charge in [-0.1, -0.05) is 17.7 Å². The normalized spacial score (nSPS) is 10.4. The molecule has 0 unspecified atom stereocenters. The number of ketones is 1. The molecular formula is C19H20FNO2. The van der Waals surface area contributed by atoms with Crippen LogP contribution < -0.4 is 5.32 Å². The maximum atomic E-state index is 12.8. The van der Waals surface area contributed by atoms with E-state index in [-0.39, 0.29) is 30.3 Å². The lowest BCUT2D eigenvalue weighted by atomic mass is 10.0. The first kappa shape index (κ1) is 16.9. The molecule has 0 saturated carbocycles. The second-order valence-corrected chi connectivity index (χ2v) is 5.75. The molecule has 0 aliphatic rings. The van der Waals surface area contributed by atoms with Gasteiger partial charge in [0.1, 0.15) is 5.82 Å². The summed E-state index contributed by atoms with van der Waals surface area (Å²) >= 11 is 0. The molecular weight excluding hydrogens is 293 g/mol. The summed E-state index contributed by atoms with van der Waals surface area (Å²) in [4.78, 5) is 24.1. The Balaban J connectivity index is 1.95. The van der Waals surface area contributed by atoms with E-state index in [0.717, 1.165) is 22.4 Å². The van der Waals surface area contributed by atoms with Gasteiger partial charge in [-0.25, -0.2) is 4.39 Å². The highest BCUT2D eigenvalue weighted by Gasteiger charge is 2.12. The highest BCUT2D eigenvalue weighted by molar-refractivity contribution is 6.00. The average molecular weight is 313 g/mol. The minimum atomic E-state index is -0.385. The molecule has 1 amide bonds. The van der Waals surface area contributed by atoms with E-state index < -0.39 is 0 Å². The summed E-state index contributed by atoms with van der Waals surface area (Å²) < 4.78 is 12.8. The molecule has 0 radical (unpaired) electrons. The van der Waals surface area contributed by atoms with E-state index in [9.17, 15) is 14.0 Å². The number of benzene rings is 2. The highest BCUT2D eigenvalue weighted by atomic mass is 19.1. The van der Waals surface area contributed by atoms with Crippen LogP contribution in [0.3, 0.4) is 0 Å². The smallest absolute Gasteiger partial charge is 0.224 e. The molecule has 0 atom stereocenters. The SMILES string of the molecule is Cc1cc(C)c(NC(=O)CCC(=O)c2ccc(F)cc2)c(C)c1. The molecule has 3 nitrogen and oxygen atoms in total. The number of aryl methyl sites for hydroxylation is 3. The number of rotatable bonds is 5. The van der Waals surface area contributed by atoms with E-state index in [1.807, 2.05) is 32.9 Å². The summed E-state index contributed by atoms with van der Waals surface area (Å²) in [6.07, 6.45) is 0.199. The van der Waals surface area contributed by atoms with Gasteiger partial charge >= 0.3 is 0 Å². The Hall–Kier alpha value is -2.49.